The molecule has 0 bridgehead atoms. The Morgan fingerprint density at radius 2 is 2.00 bits per heavy atom. The molecule has 1 aromatic heterocycles. The number of imidazole rings is 1. The standard InChI is InChI=1S/C18H14BrClN2O2/c1-11-9-21-17(10-23)22(11)16-7-6-12(19)8-14(16)18(24)13-4-2-3-5-15(13)20/h2-9,23H,10H2,1H3. The molecule has 3 aromatic rings. The van der Waals surface area contributed by atoms with E-state index in [1.165, 1.54) is 0 Å². The van der Waals surface area contributed by atoms with Crippen molar-refractivity contribution < 1.29 is 9.90 Å². The average Bonchev–Trinajstić information content (AvgIpc) is 2.95. The molecule has 4 nitrogen and oxygen atoms in total. The summed E-state index contributed by atoms with van der Waals surface area (Å²) in [5, 5.41) is 9.94. The maximum atomic E-state index is 13.0. The molecule has 0 atom stereocenters. The smallest absolute Gasteiger partial charge is 0.196 e. The summed E-state index contributed by atoms with van der Waals surface area (Å²) in [5.74, 6) is 0.289. The number of aliphatic hydroxyl groups is 1. The molecule has 1 N–H and O–H groups in total. The number of aromatic nitrogens is 2. The van der Waals surface area contributed by atoms with Crippen molar-refractivity contribution in [1.29, 1.82) is 0 Å². The van der Waals surface area contributed by atoms with Gasteiger partial charge in [0.05, 0.1) is 10.7 Å². The highest BCUT2D eigenvalue weighted by Crippen LogP contribution is 2.27. The highest BCUT2D eigenvalue weighted by molar-refractivity contribution is 9.10. The van der Waals surface area contributed by atoms with E-state index in [1.807, 2.05) is 19.1 Å². The minimum absolute atomic E-state index is 0.186. The van der Waals surface area contributed by atoms with Crippen molar-refractivity contribution in [3.05, 3.63) is 80.8 Å². The minimum atomic E-state index is -0.219. The van der Waals surface area contributed by atoms with Crippen LogP contribution in [-0.2, 0) is 6.61 Å². The van der Waals surface area contributed by atoms with Gasteiger partial charge in [0.1, 0.15) is 12.4 Å². The molecule has 0 fully saturated rings. The molecule has 0 aliphatic carbocycles. The fraction of sp³-hybridized carbons (Fsp3) is 0.111. The number of halogens is 2. The van der Waals surface area contributed by atoms with Gasteiger partial charge >= 0.3 is 0 Å². The molecular weight excluding hydrogens is 392 g/mol. The molecule has 0 unspecified atom stereocenters. The van der Waals surface area contributed by atoms with Crippen molar-refractivity contribution >= 4 is 33.3 Å². The van der Waals surface area contributed by atoms with Crippen LogP contribution in [0.5, 0.6) is 0 Å². The first-order valence-electron chi connectivity index (χ1n) is 7.26. The second kappa shape index (κ2) is 6.89. The van der Waals surface area contributed by atoms with E-state index in [4.69, 9.17) is 11.6 Å². The van der Waals surface area contributed by atoms with Gasteiger partial charge in [-0.25, -0.2) is 4.98 Å². The molecule has 122 valence electrons. The summed E-state index contributed by atoms with van der Waals surface area (Å²) >= 11 is 9.60. The quantitative estimate of drug-likeness (QED) is 0.658. The lowest BCUT2D eigenvalue weighted by Gasteiger charge is -2.15. The van der Waals surface area contributed by atoms with Gasteiger partial charge in [0.15, 0.2) is 5.78 Å². The molecule has 1 heterocycles. The van der Waals surface area contributed by atoms with E-state index in [1.54, 1.807) is 41.1 Å². The normalized spacial score (nSPS) is 10.8. The van der Waals surface area contributed by atoms with Gasteiger partial charge in [-0.15, -0.1) is 0 Å². The maximum Gasteiger partial charge on any atom is 0.196 e. The summed E-state index contributed by atoms with van der Waals surface area (Å²) in [6.45, 7) is 1.65. The number of nitrogens with zero attached hydrogens (tertiary/aromatic N) is 2. The van der Waals surface area contributed by atoms with Crippen molar-refractivity contribution in [2.45, 2.75) is 13.5 Å². The lowest BCUT2D eigenvalue weighted by Crippen LogP contribution is -2.11. The zero-order chi connectivity index (χ0) is 17.3. The minimum Gasteiger partial charge on any atom is -0.388 e. The van der Waals surface area contributed by atoms with Gasteiger partial charge in [0.2, 0.25) is 0 Å². The SMILES string of the molecule is Cc1cnc(CO)n1-c1ccc(Br)cc1C(=O)c1ccccc1Cl. The highest BCUT2D eigenvalue weighted by atomic mass is 79.9. The Balaban J connectivity index is 2.22. The van der Waals surface area contributed by atoms with E-state index < -0.39 is 0 Å². The van der Waals surface area contributed by atoms with Crippen molar-refractivity contribution in [2.75, 3.05) is 0 Å². The number of benzene rings is 2. The molecule has 0 saturated carbocycles. The van der Waals surface area contributed by atoms with E-state index in [0.29, 0.717) is 27.7 Å². The molecule has 2 aromatic carbocycles. The van der Waals surface area contributed by atoms with Crippen LogP contribution in [0.25, 0.3) is 5.69 Å². The number of ketones is 1. The van der Waals surface area contributed by atoms with Gasteiger partial charge in [-0.05, 0) is 37.3 Å². The van der Waals surface area contributed by atoms with Gasteiger partial charge in [0.25, 0.3) is 0 Å². The molecule has 0 aliphatic heterocycles. The van der Waals surface area contributed by atoms with Gasteiger partial charge in [0, 0.05) is 27.5 Å². The molecule has 0 radical (unpaired) electrons. The predicted molar refractivity (Wildman–Crippen MR) is 96.8 cm³/mol. The van der Waals surface area contributed by atoms with Gasteiger partial charge in [-0.2, -0.15) is 0 Å². The van der Waals surface area contributed by atoms with Gasteiger partial charge in [-0.1, -0.05) is 39.7 Å². The van der Waals surface area contributed by atoms with Crippen LogP contribution in [0.3, 0.4) is 0 Å². The van der Waals surface area contributed by atoms with Crippen LogP contribution in [0, 0.1) is 6.92 Å². The molecule has 6 heteroatoms. The number of aryl methyl sites for hydroxylation is 1. The van der Waals surface area contributed by atoms with Gasteiger partial charge < -0.3 is 5.11 Å². The lowest BCUT2D eigenvalue weighted by atomic mass is 10.0. The predicted octanol–water partition coefficient (Wildman–Crippen LogP) is 4.32. The summed E-state index contributed by atoms with van der Waals surface area (Å²) in [6.07, 6.45) is 1.66. The Morgan fingerprint density at radius 3 is 2.71 bits per heavy atom. The Kier molecular flexibility index (Phi) is 4.85. The summed E-state index contributed by atoms with van der Waals surface area (Å²) in [7, 11) is 0. The van der Waals surface area contributed by atoms with Crippen molar-refractivity contribution in [3.63, 3.8) is 0 Å². The summed E-state index contributed by atoms with van der Waals surface area (Å²) in [5.41, 5.74) is 2.40. The zero-order valence-corrected chi connectivity index (χ0v) is 15.2. The molecule has 0 aliphatic rings. The number of carbonyl (C=O) groups excluding carboxylic acids is 1. The fourth-order valence-electron chi connectivity index (χ4n) is 2.60. The topological polar surface area (TPSA) is 55.1 Å². The molecular formula is C18H14BrClN2O2. The second-order valence-corrected chi connectivity index (χ2v) is 6.60. The van der Waals surface area contributed by atoms with Crippen LogP contribution in [0.1, 0.15) is 27.4 Å². The fourth-order valence-corrected chi connectivity index (χ4v) is 3.19. The molecule has 3 rings (SSSR count). The number of hydrogen-bond donors (Lipinski definition) is 1. The second-order valence-electron chi connectivity index (χ2n) is 5.28. The maximum absolute atomic E-state index is 13.0. The van der Waals surface area contributed by atoms with E-state index >= 15 is 0 Å². The van der Waals surface area contributed by atoms with E-state index in [0.717, 1.165) is 10.2 Å². The zero-order valence-electron chi connectivity index (χ0n) is 12.8. The average molecular weight is 406 g/mol. The van der Waals surface area contributed by atoms with Crippen molar-refractivity contribution in [2.24, 2.45) is 0 Å². The third-order valence-corrected chi connectivity index (χ3v) is 4.54. The largest absolute Gasteiger partial charge is 0.388 e. The Labute approximate surface area is 152 Å². The molecule has 24 heavy (non-hydrogen) atoms. The van der Waals surface area contributed by atoms with Crippen LogP contribution >= 0.6 is 27.5 Å². The number of aliphatic hydroxyl groups excluding tert-OH is 1. The highest BCUT2D eigenvalue weighted by Gasteiger charge is 2.20. The van der Waals surface area contributed by atoms with Gasteiger partial charge in [-0.3, -0.25) is 9.36 Å². The first kappa shape index (κ1) is 16.9. The Bertz CT molecular complexity index is 921. The molecule has 0 spiro atoms. The van der Waals surface area contributed by atoms with Crippen LogP contribution in [-0.4, -0.2) is 20.4 Å². The first-order chi connectivity index (χ1) is 11.5. The summed E-state index contributed by atoms with van der Waals surface area (Å²) in [6, 6.07) is 12.4. The number of carbonyl (C=O) groups is 1. The third-order valence-electron chi connectivity index (χ3n) is 3.72. The van der Waals surface area contributed by atoms with E-state index in [2.05, 4.69) is 20.9 Å². The monoisotopic (exact) mass is 404 g/mol. The first-order valence-corrected chi connectivity index (χ1v) is 8.43. The number of rotatable bonds is 4. The number of hydrogen-bond acceptors (Lipinski definition) is 3. The third kappa shape index (κ3) is 3.02. The van der Waals surface area contributed by atoms with Crippen molar-refractivity contribution in [3.8, 4) is 5.69 Å². The Morgan fingerprint density at radius 1 is 1.25 bits per heavy atom. The summed E-state index contributed by atoms with van der Waals surface area (Å²) < 4.78 is 2.56. The van der Waals surface area contributed by atoms with Crippen molar-refractivity contribution in [1.82, 2.24) is 9.55 Å². The van der Waals surface area contributed by atoms with Crippen LogP contribution < -0.4 is 0 Å². The van der Waals surface area contributed by atoms with E-state index in [9.17, 15) is 9.90 Å². The van der Waals surface area contributed by atoms with E-state index in [-0.39, 0.29) is 12.4 Å². The van der Waals surface area contributed by atoms with Crippen LogP contribution in [0.2, 0.25) is 5.02 Å². The van der Waals surface area contributed by atoms with Crippen LogP contribution in [0.4, 0.5) is 0 Å². The van der Waals surface area contributed by atoms with Crippen LogP contribution in [0.15, 0.2) is 53.1 Å². The lowest BCUT2D eigenvalue weighted by molar-refractivity contribution is 0.103. The molecule has 0 amide bonds. The molecule has 0 saturated heterocycles. The summed E-state index contributed by atoms with van der Waals surface area (Å²) in [4.78, 5) is 17.2. The Hall–Kier alpha value is -1.95.